The number of rotatable bonds is 11. The molecule has 2 aromatic heterocycles. The first-order valence-corrected chi connectivity index (χ1v) is 27.3. The van der Waals surface area contributed by atoms with E-state index in [4.69, 9.17) is 9.72 Å². The maximum atomic E-state index is 7.24. The average molecular weight is 1000 g/mol. The SMILES string of the molecule is CC(C)(C)c1cc(Oc2ccc3c4ccccc4n(-c4cc(C(C)(C)c5ccccc5)ccn4)c3c2)cc(N2CN(c3cc(C(C)(C)C)cc(C(C)(C)C)c3)C(C(C)(C)c3ccccc3)=C2C(C)(C)c2ccccc2)c1. The minimum absolute atomic E-state index is 0.0646. The number of anilines is 2. The van der Waals surface area contributed by atoms with E-state index < -0.39 is 10.8 Å². The first-order valence-electron chi connectivity index (χ1n) is 27.3. The molecule has 0 fully saturated rings. The molecule has 0 spiro atoms. The van der Waals surface area contributed by atoms with Gasteiger partial charge in [0.25, 0.3) is 0 Å². The second kappa shape index (κ2) is 19.0. The normalized spacial score (nSPS) is 14.1. The Bertz CT molecular complexity index is 3580. The molecule has 9 aromatic rings. The number of nitrogens with zero attached hydrogens (tertiary/aromatic N) is 4. The summed E-state index contributed by atoms with van der Waals surface area (Å²) in [5, 5.41) is 2.32. The molecule has 0 bridgehead atoms. The molecule has 5 heteroatoms. The van der Waals surface area contributed by atoms with Crippen molar-refractivity contribution in [2.45, 2.75) is 136 Å². The number of pyridine rings is 1. The molecule has 10 rings (SSSR count). The average Bonchev–Trinajstić information content (AvgIpc) is 4.12. The number of hydrogen-bond donors (Lipinski definition) is 0. The van der Waals surface area contributed by atoms with Crippen molar-refractivity contribution < 1.29 is 4.74 Å². The standard InChI is InChI=1S/C71H78N4O/c1-66(2,3)52-39-53(67(4,5)6)41-55(40-52)73-47-74(65(71(14,15)50-31-23-18-24-32-50)64(73)70(12,13)49-29-21-17-22-30-49)56-42-54(68(7,8)9)43-58(45-56)76-57-35-36-60-59-33-25-26-34-61(59)75(62(60)46-57)63-44-51(37-38-72-63)69(10,11)48-27-19-16-20-28-48/h16-46H,47H2,1-15H3. The van der Waals surface area contributed by atoms with Crippen LogP contribution in [-0.4, -0.2) is 16.2 Å². The predicted molar refractivity (Wildman–Crippen MR) is 322 cm³/mol. The highest BCUT2D eigenvalue weighted by molar-refractivity contribution is 6.09. The number of benzene rings is 7. The van der Waals surface area contributed by atoms with Gasteiger partial charge in [0, 0.05) is 56.7 Å². The van der Waals surface area contributed by atoms with Crippen molar-refractivity contribution in [2.24, 2.45) is 0 Å². The van der Waals surface area contributed by atoms with Crippen LogP contribution in [0.15, 0.2) is 200 Å². The molecule has 7 aromatic carbocycles. The minimum atomic E-state index is -0.440. The quantitative estimate of drug-likeness (QED) is 0.129. The molecule has 1 aliphatic rings. The van der Waals surface area contributed by atoms with Crippen LogP contribution in [0.5, 0.6) is 11.5 Å². The third kappa shape index (κ3) is 9.63. The fourth-order valence-electron chi connectivity index (χ4n) is 11.4. The van der Waals surface area contributed by atoms with Crippen molar-refractivity contribution in [1.82, 2.24) is 9.55 Å². The van der Waals surface area contributed by atoms with Gasteiger partial charge >= 0.3 is 0 Å². The van der Waals surface area contributed by atoms with Crippen molar-refractivity contribution in [3.63, 3.8) is 0 Å². The van der Waals surface area contributed by atoms with Crippen molar-refractivity contribution in [3.8, 4) is 17.3 Å². The van der Waals surface area contributed by atoms with E-state index in [1.807, 2.05) is 6.20 Å². The molecule has 76 heavy (non-hydrogen) atoms. The minimum Gasteiger partial charge on any atom is -0.457 e. The Kier molecular flexibility index (Phi) is 13.0. The fraction of sp³-hybridized carbons (Fsp3) is 0.310. The molecule has 0 saturated heterocycles. The first-order chi connectivity index (χ1) is 35.8. The van der Waals surface area contributed by atoms with Crippen LogP contribution in [0.1, 0.15) is 143 Å². The van der Waals surface area contributed by atoms with E-state index >= 15 is 0 Å². The molecule has 0 radical (unpaired) electrons. The molecular weight excluding hydrogens is 925 g/mol. The van der Waals surface area contributed by atoms with E-state index in [0.29, 0.717) is 6.67 Å². The second-order valence-corrected chi connectivity index (χ2v) is 25.9. The second-order valence-electron chi connectivity index (χ2n) is 25.9. The third-order valence-corrected chi connectivity index (χ3v) is 16.3. The maximum Gasteiger partial charge on any atom is 0.137 e. The van der Waals surface area contributed by atoms with Crippen molar-refractivity contribution in [2.75, 3.05) is 16.5 Å². The first kappa shape index (κ1) is 52.1. The Balaban J connectivity index is 1.17. The summed E-state index contributed by atoms with van der Waals surface area (Å²) in [5.74, 6) is 2.42. The lowest BCUT2D eigenvalue weighted by atomic mass is 9.73. The maximum absolute atomic E-state index is 7.24. The van der Waals surface area contributed by atoms with Gasteiger partial charge in [0.05, 0.1) is 29.1 Å². The third-order valence-electron chi connectivity index (χ3n) is 16.3. The Labute approximate surface area is 453 Å². The van der Waals surface area contributed by atoms with Gasteiger partial charge in [-0.2, -0.15) is 0 Å². The number of ether oxygens (including phenoxy) is 1. The van der Waals surface area contributed by atoms with E-state index in [2.05, 4.69) is 300 Å². The molecule has 5 nitrogen and oxygen atoms in total. The molecule has 3 heterocycles. The van der Waals surface area contributed by atoms with Crippen LogP contribution in [0.25, 0.3) is 27.6 Å². The summed E-state index contributed by atoms with van der Waals surface area (Å²) in [7, 11) is 0. The molecule has 388 valence electrons. The molecule has 1 aliphatic heterocycles. The summed E-state index contributed by atoms with van der Waals surface area (Å²) in [5.41, 5.74) is 14.4. The Morgan fingerprint density at radius 1 is 0.355 bits per heavy atom. The zero-order chi connectivity index (χ0) is 54.2. The van der Waals surface area contributed by atoms with Gasteiger partial charge in [-0.1, -0.05) is 219 Å². The summed E-state index contributed by atoms with van der Waals surface area (Å²) >= 11 is 0. The lowest BCUT2D eigenvalue weighted by molar-refractivity contribution is 0.479. The predicted octanol–water partition coefficient (Wildman–Crippen LogP) is 18.6. The van der Waals surface area contributed by atoms with Gasteiger partial charge in [0.1, 0.15) is 17.3 Å². The zero-order valence-electron chi connectivity index (χ0n) is 47.8. The molecular formula is C71H78N4O. The number of fused-ring (bicyclic) bond motifs is 3. The van der Waals surface area contributed by atoms with Gasteiger partial charge in [-0.05, 0) is 110 Å². The number of para-hydroxylation sites is 1. The van der Waals surface area contributed by atoms with Crippen LogP contribution in [-0.2, 0) is 32.5 Å². The lowest BCUT2D eigenvalue weighted by Crippen LogP contribution is -2.35. The molecule has 0 amide bonds. The van der Waals surface area contributed by atoms with E-state index in [0.717, 1.165) is 39.4 Å². The van der Waals surface area contributed by atoms with E-state index in [9.17, 15) is 0 Å². The van der Waals surface area contributed by atoms with Crippen LogP contribution in [0, 0.1) is 0 Å². The molecule has 0 unspecified atom stereocenters. The van der Waals surface area contributed by atoms with Crippen molar-refractivity contribution >= 4 is 33.2 Å². The Morgan fingerprint density at radius 3 is 1.32 bits per heavy atom. The van der Waals surface area contributed by atoms with Gasteiger partial charge < -0.3 is 14.5 Å². The number of allylic oxidation sites excluding steroid dienone is 2. The summed E-state index contributed by atoms with van der Waals surface area (Å²) in [6.07, 6.45) is 1.95. The van der Waals surface area contributed by atoms with Gasteiger partial charge in [-0.25, -0.2) is 4.98 Å². The van der Waals surface area contributed by atoms with Gasteiger partial charge in [0.2, 0.25) is 0 Å². The van der Waals surface area contributed by atoms with Gasteiger partial charge in [-0.3, -0.25) is 4.57 Å². The molecule has 0 saturated carbocycles. The molecule has 0 N–H and O–H groups in total. The highest BCUT2D eigenvalue weighted by Crippen LogP contribution is 2.52. The fourth-order valence-corrected chi connectivity index (χ4v) is 11.4. The highest BCUT2D eigenvalue weighted by Gasteiger charge is 2.47. The van der Waals surface area contributed by atoms with Crippen LogP contribution >= 0.6 is 0 Å². The molecule has 0 aliphatic carbocycles. The van der Waals surface area contributed by atoms with Crippen LogP contribution < -0.4 is 14.5 Å². The highest BCUT2D eigenvalue weighted by atomic mass is 16.5. The van der Waals surface area contributed by atoms with Crippen LogP contribution in [0.2, 0.25) is 0 Å². The molecule has 0 atom stereocenters. The van der Waals surface area contributed by atoms with Crippen LogP contribution in [0.4, 0.5) is 11.4 Å². The summed E-state index contributed by atoms with van der Waals surface area (Å²) in [6, 6.07) is 66.8. The van der Waals surface area contributed by atoms with Crippen LogP contribution in [0.3, 0.4) is 0 Å². The van der Waals surface area contributed by atoms with Crippen molar-refractivity contribution in [3.05, 3.63) is 239 Å². The van der Waals surface area contributed by atoms with E-state index in [-0.39, 0.29) is 21.7 Å². The number of hydrogen-bond acceptors (Lipinski definition) is 4. The Hall–Kier alpha value is -7.37. The van der Waals surface area contributed by atoms with Gasteiger partial charge in [0.15, 0.2) is 0 Å². The van der Waals surface area contributed by atoms with Crippen molar-refractivity contribution in [1.29, 1.82) is 0 Å². The smallest absolute Gasteiger partial charge is 0.137 e. The topological polar surface area (TPSA) is 33.5 Å². The summed E-state index contributed by atoms with van der Waals surface area (Å²) in [6.45, 7) is 35.8. The largest absolute Gasteiger partial charge is 0.457 e. The summed E-state index contributed by atoms with van der Waals surface area (Å²) < 4.78 is 9.54. The summed E-state index contributed by atoms with van der Waals surface area (Å²) in [4.78, 5) is 10.3. The monoisotopic (exact) mass is 1000 g/mol. The van der Waals surface area contributed by atoms with E-state index in [1.54, 1.807) is 0 Å². The number of aromatic nitrogens is 2. The zero-order valence-corrected chi connectivity index (χ0v) is 47.8. The van der Waals surface area contributed by atoms with Gasteiger partial charge in [-0.15, -0.1) is 0 Å². The van der Waals surface area contributed by atoms with E-state index in [1.165, 1.54) is 61.4 Å². The Morgan fingerprint density at radius 2 is 0.803 bits per heavy atom. The lowest BCUT2D eigenvalue weighted by Gasteiger charge is -2.39.